The second kappa shape index (κ2) is 12.6. The van der Waals surface area contributed by atoms with Gasteiger partial charge in [0.25, 0.3) is 0 Å². The van der Waals surface area contributed by atoms with E-state index in [1.165, 1.54) is 0 Å². The van der Waals surface area contributed by atoms with Gasteiger partial charge in [0.1, 0.15) is 12.4 Å². The van der Waals surface area contributed by atoms with Gasteiger partial charge < -0.3 is 19.9 Å². The van der Waals surface area contributed by atoms with Crippen molar-refractivity contribution in [3.05, 3.63) is 43.0 Å². The average molecular weight is 429 g/mol. The Hall–Kier alpha value is -1.76. The fourth-order valence-corrected chi connectivity index (χ4v) is 3.45. The van der Waals surface area contributed by atoms with E-state index in [1.807, 2.05) is 35.0 Å². The quantitative estimate of drug-likeness (QED) is 0.671. The molecular formula is C20H30Cl2N4O2. The number of carbonyl (C=O) groups excluding carboxylic acids is 1. The number of hydrogen-bond acceptors (Lipinski definition) is 4. The molecule has 0 bridgehead atoms. The molecule has 1 amide bonds. The second-order valence-corrected chi connectivity index (χ2v) is 6.96. The van der Waals surface area contributed by atoms with Crippen LogP contribution >= 0.6 is 24.8 Å². The summed E-state index contributed by atoms with van der Waals surface area (Å²) in [7, 11) is 0. The van der Waals surface area contributed by atoms with Crippen molar-refractivity contribution in [3.63, 3.8) is 0 Å². The highest BCUT2D eigenvalue weighted by Crippen LogP contribution is 2.27. The summed E-state index contributed by atoms with van der Waals surface area (Å²) in [5, 5.41) is 6.40. The highest BCUT2D eigenvalue weighted by molar-refractivity contribution is 5.92. The number of aromatic nitrogens is 2. The molecule has 1 aromatic heterocycles. The van der Waals surface area contributed by atoms with E-state index in [-0.39, 0.29) is 30.7 Å². The normalized spacial score (nSPS) is 15.0. The molecule has 2 N–H and O–H groups in total. The number of imidazole rings is 1. The summed E-state index contributed by atoms with van der Waals surface area (Å²) in [6.07, 6.45) is 8.27. The van der Waals surface area contributed by atoms with Crippen LogP contribution in [0.25, 0.3) is 0 Å². The van der Waals surface area contributed by atoms with Gasteiger partial charge in [-0.05, 0) is 49.9 Å². The van der Waals surface area contributed by atoms with Crippen LogP contribution in [0.2, 0.25) is 0 Å². The topological polar surface area (TPSA) is 68.2 Å². The standard InChI is InChI=1S/C20H28N4O2.2ClH/c1-16(17-6-8-21-9-7-17)14-20(25)23-18-4-2-3-5-19(18)26-13-12-24-11-10-22-15-24;;/h2-5,10-11,15-17,21H,6-9,12-14H2,1H3,(H,23,25);2*1H. The molecule has 0 spiro atoms. The first-order chi connectivity index (χ1) is 12.7. The van der Waals surface area contributed by atoms with Crippen LogP contribution in [-0.4, -0.2) is 35.2 Å². The minimum atomic E-state index is 0. The summed E-state index contributed by atoms with van der Waals surface area (Å²) in [4.78, 5) is 16.5. The minimum Gasteiger partial charge on any atom is -0.490 e. The van der Waals surface area contributed by atoms with Crippen LogP contribution in [-0.2, 0) is 11.3 Å². The average Bonchev–Trinajstić information content (AvgIpc) is 3.17. The number of hydrogen-bond donors (Lipinski definition) is 2. The minimum absolute atomic E-state index is 0. The van der Waals surface area contributed by atoms with Crippen molar-refractivity contribution in [1.82, 2.24) is 14.9 Å². The molecular weight excluding hydrogens is 399 g/mol. The summed E-state index contributed by atoms with van der Waals surface area (Å²) in [5.41, 5.74) is 0.737. The van der Waals surface area contributed by atoms with Gasteiger partial charge in [-0.25, -0.2) is 4.98 Å². The predicted molar refractivity (Wildman–Crippen MR) is 117 cm³/mol. The summed E-state index contributed by atoms with van der Waals surface area (Å²) < 4.78 is 7.82. The predicted octanol–water partition coefficient (Wildman–Crippen LogP) is 3.77. The SMILES string of the molecule is CC(CC(=O)Nc1ccccc1OCCn1ccnc1)C1CCNCC1.Cl.Cl. The molecule has 0 radical (unpaired) electrons. The third-order valence-corrected chi connectivity index (χ3v) is 5.02. The van der Waals surface area contributed by atoms with Crippen LogP contribution in [0.4, 0.5) is 5.69 Å². The van der Waals surface area contributed by atoms with E-state index in [1.54, 1.807) is 12.5 Å². The number of para-hydroxylation sites is 2. The molecule has 1 aliphatic rings. The van der Waals surface area contributed by atoms with Crippen LogP contribution in [0.1, 0.15) is 26.2 Å². The fourth-order valence-electron chi connectivity index (χ4n) is 3.45. The lowest BCUT2D eigenvalue weighted by molar-refractivity contribution is -0.117. The van der Waals surface area contributed by atoms with Gasteiger partial charge in [-0.1, -0.05) is 19.1 Å². The number of rotatable bonds is 8. The third-order valence-electron chi connectivity index (χ3n) is 5.02. The molecule has 1 aromatic carbocycles. The zero-order valence-electron chi connectivity index (χ0n) is 16.2. The monoisotopic (exact) mass is 428 g/mol. The number of anilines is 1. The molecule has 0 aliphatic carbocycles. The Balaban J connectivity index is 0.00000196. The first-order valence-electron chi connectivity index (χ1n) is 9.40. The molecule has 6 nitrogen and oxygen atoms in total. The van der Waals surface area contributed by atoms with Gasteiger partial charge in [-0.15, -0.1) is 24.8 Å². The number of ether oxygens (including phenoxy) is 1. The van der Waals surface area contributed by atoms with Crippen LogP contribution in [0.5, 0.6) is 5.75 Å². The van der Waals surface area contributed by atoms with Crippen LogP contribution in [0, 0.1) is 11.8 Å². The third kappa shape index (κ3) is 7.34. The highest BCUT2D eigenvalue weighted by Gasteiger charge is 2.22. The number of piperidine rings is 1. The van der Waals surface area contributed by atoms with Gasteiger partial charge in [0.15, 0.2) is 0 Å². The molecule has 156 valence electrons. The number of carbonyl (C=O) groups is 1. The van der Waals surface area contributed by atoms with E-state index in [4.69, 9.17) is 4.74 Å². The Bertz CT molecular complexity index is 691. The van der Waals surface area contributed by atoms with Crippen molar-refractivity contribution in [2.75, 3.05) is 25.0 Å². The van der Waals surface area contributed by atoms with Gasteiger partial charge >= 0.3 is 0 Å². The van der Waals surface area contributed by atoms with E-state index in [0.717, 1.165) is 38.2 Å². The van der Waals surface area contributed by atoms with Crippen LogP contribution in [0.15, 0.2) is 43.0 Å². The van der Waals surface area contributed by atoms with Crippen LogP contribution < -0.4 is 15.4 Å². The Labute approximate surface area is 179 Å². The van der Waals surface area contributed by atoms with E-state index >= 15 is 0 Å². The molecule has 8 heteroatoms. The molecule has 0 saturated carbocycles. The summed E-state index contributed by atoms with van der Waals surface area (Å²) in [6.45, 7) is 5.54. The van der Waals surface area contributed by atoms with Crippen LogP contribution in [0.3, 0.4) is 0 Å². The number of nitrogens with zero attached hydrogens (tertiary/aromatic N) is 2. The number of benzene rings is 1. The molecule has 3 rings (SSSR count). The molecule has 1 aliphatic heterocycles. The molecule has 2 heterocycles. The van der Waals surface area contributed by atoms with Gasteiger partial charge in [-0.2, -0.15) is 0 Å². The Morgan fingerprint density at radius 3 is 2.79 bits per heavy atom. The maximum Gasteiger partial charge on any atom is 0.224 e. The maximum absolute atomic E-state index is 12.5. The summed E-state index contributed by atoms with van der Waals surface area (Å²) in [6, 6.07) is 7.60. The van der Waals surface area contributed by atoms with E-state index < -0.39 is 0 Å². The maximum atomic E-state index is 12.5. The summed E-state index contributed by atoms with van der Waals surface area (Å²) in [5.74, 6) is 1.78. The Morgan fingerprint density at radius 1 is 1.32 bits per heavy atom. The molecule has 28 heavy (non-hydrogen) atoms. The van der Waals surface area contributed by atoms with Crippen molar-refractivity contribution < 1.29 is 9.53 Å². The van der Waals surface area contributed by atoms with Gasteiger partial charge in [0.05, 0.1) is 18.6 Å². The molecule has 1 saturated heterocycles. The number of amides is 1. The van der Waals surface area contributed by atoms with Crippen molar-refractivity contribution in [2.45, 2.75) is 32.7 Å². The second-order valence-electron chi connectivity index (χ2n) is 6.96. The Morgan fingerprint density at radius 2 is 2.07 bits per heavy atom. The zero-order chi connectivity index (χ0) is 18.2. The van der Waals surface area contributed by atoms with Crippen molar-refractivity contribution in [2.24, 2.45) is 11.8 Å². The molecule has 2 aromatic rings. The zero-order valence-corrected chi connectivity index (χ0v) is 17.8. The number of halogens is 2. The first kappa shape index (κ1) is 24.3. The summed E-state index contributed by atoms with van der Waals surface area (Å²) >= 11 is 0. The smallest absolute Gasteiger partial charge is 0.224 e. The lowest BCUT2D eigenvalue weighted by Gasteiger charge is -2.28. The van der Waals surface area contributed by atoms with Gasteiger partial charge in [0.2, 0.25) is 5.91 Å². The lowest BCUT2D eigenvalue weighted by Crippen LogP contribution is -2.32. The largest absolute Gasteiger partial charge is 0.490 e. The van der Waals surface area contributed by atoms with E-state index in [9.17, 15) is 4.79 Å². The van der Waals surface area contributed by atoms with Gasteiger partial charge in [-0.3, -0.25) is 4.79 Å². The van der Waals surface area contributed by atoms with Crippen molar-refractivity contribution >= 4 is 36.4 Å². The fraction of sp³-hybridized carbons (Fsp3) is 0.500. The van der Waals surface area contributed by atoms with E-state index in [2.05, 4.69) is 22.5 Å². The van der Waals surface area contributed by atoms with Crippen molar-refractivity contribution in [1.29, 1.82) is 0 Å². The highest BCUT2D eigenvalue weighted by atomic mass is 35.5. The van der Waals surface area contributed by atoms with E-state index in [0.29, 0.717) is 30.6 Å². The molecule has 1 atom stereocenters. The van der Waals surface area contributed by atoms with Gasteiger partial charge in [0, 0.05) is 18.8 Å². The lowest BCUT2D eigenvalue weighted by atomic mass is 9.84. The number of nitrogens with one attached hydrogen (secondary N) is 2. The molecule has 1 fully saturated rings. The first-order valence-corrected chi connectivity index (χ1v) is 9.40. The molecule has 1 unspecified atom stereocenters. The van der Waals surface area contributed by atoms with Crippen molar-refractivity contribution in [3.8, 4) is 5.75 Å². The Kier molecular flexibility index (Phi) is 11.0.